The van der Waals surface area contributed by atoms with E-state index in [9.17, 15) is 9.59 Å². The van der Waals surface area contributed by atoms with E-state index in [1.54, 1.807) is 4.57 Å². The maximum atomic E-state index is 11.8. The highest BCUT2D eigenvalue weighted by Crippen LogP contribution is 2.39. The number of carbonyl (C=O) groups is 2. The van der Waals surface area contributed by atoms with Crippen LogP contribution in [-0.2, 0) is 16.1 Å². The molecular weight excluding hydrogens is 280 g/mol. The highest BCUT2D eigenvalue weighted by Gasteiger charge is 2.31. The summed E-state index contributed by atoms with van der Waals surface area (Å²) in [6, 6.07) is 0. The van der Waals surface area contributed by atoms with Crippen molar-refractivity contribution in [2.45, 2.75) is 43.8 Å². The van der Waals surface area contributed by atoms with Crippen LogP contribution >= 0.6 is 11.8 Å². The van der Waals surface area contributed by atoms with Gasteiger partial charge in [0.1, 0.15) is 12.4 Å². The van der Waals surface area contributed by atoms with Gasteiger partial charge in [0.05, 0.1) is 5.75 Å². The maximum absolute atomic E-state index is 11.8. The second-order valence-electron chi connectivity index (χ2n) is 4.73. The molecule has 1 aliphatic carbocycles. The van der Waals surface area contributed by atoms with Crippen molar-refractivity contribution in [1.29, 1.82) is 0 Å². The zero-order chi connectivity index (χ0) is 14.5. The molecule has 0 aromatic carbocycles. The van der Waals surface area contributed by atoms with Gasteiger partial charge in [0.15, 0.2) is 5.16 Å². The van der Waals surface area contributed by atoms with E-state index in [2.05, 4.69) is 15.5 Å². The Balaban J connectivity index is 2.07. The lowest BCUT2D eigenvalue weighted by Crippen LogP contribution is -2.29. The molecule has 1 fully saturated rings. The predicted molar refractivity (Wildman–Crippen MR) is 73.7 cm³/mol. The molecule has 0 spiro atoms. The van der Waals surface area contributed by atoms with Gasteiger partial charge in [-0.05, 0) is 19.3 Å². The summed E-state index contributed by atoms with van der Waals surface area (Å²) in [6.07, 6.45) is 2.99. The van der Waals surface area contributed by atoms with Crippen molar-refractivity contribution in [3.63, 3.8) is 0 Å². The summed E-state index contributed by atoms with van der Waals surface area (Å²) in [5, 5.41) is 20.2. The van der Waals surface area contributed by atoms with Crippen molar-refractivity contribution in [2.24, 2.45) is 0 Å². The summed E-state index contributed by atoms with van der Waals surface area (Å²) in [5.74, 6) is 0.0724. The van der Waals surface area contributed by atoms with Crippen molar-refractivity contribution < 1.29 is 14.7 Å². The molecule has 0 bridgehead atoms. The van der Waals surface area contributed by atoms with E-state index in [1.807, 2.05) is 6.92 Å². The molecule has 1 amide bonds. The van der Waals surface area contributed by atoms with Crippen LogP contribution in [0.5, 0.6) is 0 Å². The van der Waals surface area contributed by atoms with Crippen LogP contribution in [0.2, 0.25) is 0 Å². The number of carboxylic acids is 1. The molecule has 2 rings (SSSR count). The van der Waals surface area contributed by atoms with Crippen molar-refractivity contribution in [3.8, 4) is 0 Å². The van der Waals surface area contributed by atoms with Gasteiger partial charge in [-0.15, -0.1) is 10.2 Å². The van der Waals surface area contributed by atoms with Crippen molar-refractivity contribution >= 4 is 23.6 Å². The molecular formula is C12H18N4O3S. The van der Waals surface area contributed by atoms with E-state index >= 15 is 0 Å². The molecule has 1 aromatic rings. The number of hydrogen-bond donors (Lipinski definition) is 2. The van der Waals surface area contributed by atoms with Crippen molar-refractivity contribution in [2.75, 3.05) is 12.3 Å². The van der Waals surface area contributed by atoms with Gasteiger partial charge in [0.2, 0.25) is 5.91 Å². The molecule has 110 valence electrons. The van der Waals surface area contributed by atoms with Crippen molar-refractivity contribution in [3.05, 3.63) is 5.82 Å². The summed E-state index contributed by atoms with van der Waals surface area (Å²) in [7, 11) is 0. The van der Waals surface area contributed by atoms with Crippen LogP contribution < -0.4 is 5.32 Å². The van der Waals surface area contributed by atoms with Crippen LogP contribution in [0.3, 0.4) is 0 Å². The van der Waals surface area contributed by atoms with E-state index in [1.165, 1.54) is 0 Å². The normalized spacial score (nSPS) is 14.2. The fourth-order valence-corrected chi connectivity index (χ4v) is 2.45. The summed E-state index contributed by atoms with van der Waals surface area (Å²) in [5.41, 5.74) is 0. The molecule has 1 saturated carbocycles. The number of carbonyl (C=O) groups excluding carboxylic acids is 1. The van der Waals surface area contributed by atoms with Crippen LogP contribution in [0.15, 0.2) is 5.16 Å². The van der Waals surface area contributed by atoms with Gasteiger partial charge in [0.25, 0.3) is 0 Å². The third kappa shape index (κ3) is 3.96. The van der Waals surface area contributed by atoms with E-state index in [-0.39, 0.29) is 18.2 Å². The molecule has 0 saturated heterocycles. The number of carboxylic acid groups (broad SMARTS) is 1. The van der Waals surface area contributed by atoms with Crippen LogP contribution in [0.4, 0.5) is 0 Å². The Kier molecular flexibility index (Phi) is 4.99. The summed E-state index contributed by atoms with van der Waals surface area (Å²) in [4.78, 5) is 22.5. The fourth-order valence-electron chi connectivity index (χ4n) is 1.79. The number of aliphatic carboxylic acids is 1. The van der Waals surface area contributed by atoms with Gasteiger partial charge in [-0.25, -0.2) is 0 Å². The van der Waals surface area contributed by atoms with Crippen LogP contribution in [0.25, 0.3) is 0 Å². The molecule has 2 N–H and O–H groups in total. The molecule has 1 heterocycles. The summed E-state index contributed by atoms with van der Waals surface area (Å²) < 4.78 is 1.75. The number of amides is 1. The first-order chi connectivity index (χ1) is 9.61. The average Bonchev–Trinajstić information content (AvgIpc) is 3.17. The molecule has 0 aliphatic heterocycles. The zero-order valence-corrected chi connectivity index (χ0v) is 12.2. The quantitative estimate of drug-likeness (QED) is 0.691. The van der Waals surface area contributed by atoms with E-state index < -0.39 is 5.97 Å². The van der Waals surface area contributed by atoms with Gasteiger partial charge in [-0.3, -0.25) is 14.2 Å². The highest BCUT2D eigenvalue weighted by molar-refractivity contribution is 7.99. The smallest absolute Gasteiger partial charge is 0.313 e. The number of aromatic nitrogens is 3. The van der Waals surface area contributed by atoms with Crippen LogP contribution in [0, 0.1) is 0 Å². The Morgan fingerprint density at radius 1 is 1.45 bits per heavy atom. The predicted octanol–water partition coefficient (Wildman–Crippen LogP) is 0.858. The fraction of sp³-hybridized carbons (Fsp3) is 0.667. The Bertz CT molecular complexity index is 499. The number of hydrogen-bond acceptors (Lipinski definition) is 5. The van der Waals surface area contributed by atoms with Gasteiger partial charge >= 0.3 is 5.97 Å². The first kappa shape index (κ1) is 14.8. The summed E-state index contributed by atoms with van der Waals surface area (Å²) in [6.45, 7) is 2.78. The van der Waals surface area contributed by atoms with Crippen molar-refractivity contribution in [1.82, 2.24) is 20.1 Å². The highest BCUT2D eigenvalue weighted by atomic mass is 32.2. The SMILES string of the molecule is CCCNC(=O)Cn1c(SCC(=O)O)nnc1C1CC1. The van der Waals surface area contributed by atoms with E-state index in [0.717, 1.165) is 36.8 Å². The lowest BCUT2D eigenvalue weighted by atomic mass is 10.4. The average molecular weight is 298 g/mol. The first-order valence-electron chi connectivity index (χ1n) is 6.66. The molecule has 1 aliphatic rings. The van der Waals surface area contributed by atoms with Crippen LogP contribution in [0.1, 0.15) is 37.9 Å². The molecule has 7 nitrogen and oxygen atoms in total. The van der Waals surface area contributed by atoms with Gasteiger partial charge in [-0.1, -0.05) is 18.7 Å². The topological polar surface area (TPSA) is 97.1 Å². The molecule has 1 aromatic heterocycles. The molecule has 0 radical (unpaired) electrons. The molecule has 0 unspecified atom stereocenters. The molecule has 8 heteroatoms. The second-order valence-corrected chi connectivity index (χ2v) is 5.68. The minimum atomic E-state index is -0.909. The standard InChI is InChI=1S/C12H18N4O3S/c1-2-5-13-9(17)6-16-11(8-3-4-8)14-15-12(16)20-7-10(18)19/h8H,2-7H2,1H3,(H,13,17)(H,18,19). The number of nitrogens with one attached hydrogen (secondary N) is 1. The second kappa shape index (κ2) is 6.74. The largest absolute Gasteiger partial charge is 0.481 e. The molecule has 20 heavy (non-hydrogen) atoms. The van der Waals surface area contributed by atoms with E-state index in [0.29, 0.717) is 17.6 Å². The monoisotopic (exact) mass is 298 g/mol. The third-order valence-corrected chi connectivity index (χ3v) is 3.84. The minimum absolute atomic E-state index is 0.0839. The number of nitrogens with zero attached hydrogens (tertiary/aromatic N) is 3. The Labute approximate surface area is 121 Å². The Hall–Kier alpha value is -1.57. The van der Waals surface area contributed by atoms with Crippen LogP contribution in [-0.4, -0.2) is 44.0 Å². The lowest BCUT2D eigenvalue weighted by Gasteiger charge is -2.09. The Morgan fingerprint density at radius 2 is 2.20 bits per heavy atom. The zero-order valence-electron chi connectivity index (χ0n) is 11.3. The Morgan fingerprint density at radius 3 is 2.80 bits per heavy atom. The summed E-state index contributed by atoms with van der Waals surface area (Å²) >= 11 is 1.10. The number of rotatable bonds is 8. The van der Waals surface area contributed by atoms with E-state index in [4.69, 9.17) is 5.11 Å². The minimum Gasteiger partial charge on any atom is -0.481 e. The van der Waals surface area contributed by atoms with Gasteiger partial charge < -0.3 is 10.4 Å². The maximum Gasteiger partial charge on any atom is 0.313 e. The van der Waals surface area contributed by atoms with Gasteiger partial charge in [-0.2, -0.15) is 0 Å². The molecule has 0 atom stereocenters. The third-order valence-electron chi connectivity index (χ3n) is 2.89. The first-order valence-corrected chi connectivity index (χ1v) is 7.64. The van der Waals surface area contributed by atoms with Gasteiger partial charge in [0, 0.05) is 12.5 Å². The lowest BCUT2D eigenvalue weighted by molar-refractivity contribution is -0.133. The number of thioether (sulfide) groups is 1.